The summed E-state index contributed by atoms with van der Waals surface area (Å²) in [5.74, 6) is 1.13. The number of nitrogens with one attached hydrogen (secondary N) is 2. The Labute approximate surface area is 175 Å². The smallest absolute Gasteiger partial charge is 0.269 e. The SMILES string of the molecule is CNC(=O)c1cc(Oc2ccc3c(NC(=O)C4CCCCC4)cccc3c2)ccn1. The quantitative estimate of drug-likeness (QED) is 0.635. The summed E-state index contributed by atoms with van der Waals surface area (Å²) in [7, 11) is 1.56. The molecule has 0 atom stereocenters. The first kappa shape index (κ1) is 19.9. The van der Waals surface area contributed by atoms with Gasteiger partial charge >= 0.3 is 0 Å². The van der Waals surface area contributed by atoms with Gasteiger partial charge in [0, 0.05) is 36.3 Å². The van der Waals surface area contributed by atoms with Gasteiger partial charge in [-0.05, 0) is 48.6 Å². The maximum Gasteiger partial charge on any atom is 0.269 e. The molecule has 0 bridgehead atoms. The molecule has 0 spiro atoms. The molecule has 0 saturated heterocycles. The number of anilines is 1. The summed E-state index contributed by atoms with van der Waals surface area (Å²) in [6.07, 6.45) is 6.97. The van der Waals surface area contributed by atoms with Crippen LogP contribution in [0.1, 0.15) is 42.6 Å². The molecule has 1 heterocycles. The lowest BCUT2D eigenvalue weighted by atomic mass is 9.88. The monoisotopic (exact) mass is 403 g/mol. The van der Waals surface area contributed by atoms with Crippen molar-refractivity contribution >= 4 is 28.3 Å². The molecule has 2 N–H and O–H groups in total. The van der Waals surface area contributed by atoms with Crippen LogP contribution in [-0.2, 0) is 4.79 Å². The van der Waals surface area contributed by atoms with Crippen molar-refractivity contribution in [3.63, 3.8) is 0 Å². The molecule has 3 aromatic rings. The maximum absolute atomic E-state index is 12.7. The van der Waals surface area contributed by atoms with Gasteiger partial charge in [0.05, 0.1) is 0 Å². The van der Waals surface area contributed by atoms with Crippen LogP contribution < -0.4 is 15.4 Å². The number of hydrogen-bond acceptors (Lipinski definition) is 4. The number of rotatable bonds is 5. The van der Waals surface area contributed by atoms with Crippen LogP contribution in [0, 0.1) is 5.92 Å². The second kappa shape index (κ2) is 8.95. The molecule has 1 aliphatic rings. The number of carbonyl (C=O) groups excluding carboxylic acids is 2. The van der Waals surface area contributed by atoms with Gasteiger partial charge in [0.15, 0.2) is 0 Å². The van der Waals surface area contributed by atoms with Gasteiger partial charge in [-0.15, -0.1) is 0 Å². The number of ether oxygens (including phenoxy) is 1. The maximum atomic E-state index is 12.7. The molecule has 4 rings (SSSR count). The molecule has 1 aliphatic carbocycles. The molecular weight excluding hydrogens is 378 g/mol. The third-order valence-corrected chi connectivity index (χ3v) is 5.51. The van der Waals surface area contributed by atoms with Gasteiger partial charge in [-0.2, -0.15) is 0 Å². The van der Waals surface area contributed by atoms with Crippen LogP contribution in [0.2, 0.25) is 0 Å². The predicted octanol–water partition coefficient (Wildman–Crippen LogP) is 4.91. The number of amides is 2. The fourth-order valence-electron chi connectivity index (χ4n) is 3.90. The van der Waals surface area contributed by atoms with Crippen molar-refractivity contribution in [2.24, 2.45) is 5.92 Å². The topological polar surface area (TPSA) is 80.3 Å². The molecule has 6 nitrogen and oxygen atoms in total. The fraction of sp³-hybridized carbons (Fsp3) is 0.292. The zero-order valence-electron chi connectivity index (χ0n) is 17.0. The first-order valence-electron chi connectivity index (χ1n) is 10.3. The van der Waals surface area contributed by atoms with Crippen LogP contribution in [0.4, 0.5) is 5.69 Å². The zero-order chi connectivity index (χ0) is 20.9. The van der Waals surface area contributed by atoms with E-state index in [4.69, 9.17) is 4.74 Å². The number of benzene rings is 2. The number of carbonyl (C=O) groups is 2. The highest BCUT2D eigenvalue weighted by Crippen LogP contribution is 2.31. The molecule has 30 heavy (non-hydrogen) atoms. The Bertz CT molecular complexity index is 1070. The normalized spacial score (nSPS) is 14.3. The molecule has 1 aromatic heterocycles. The summed E-state index contributed by atoms with van der Waals surface area (Å²) in [5.41, 5.74) is 1.11. The molecule has 6 heteroatoms. The molecule has 0 radical (unpaired) electrons. The summed E-state index contributed by atoms with van der Waals surface area (Å²) in [4.78, 5) is 28.5. The highest BCUT2D eigenvalue weighted by molar-refractivity contribution is 6.03. The van der Waals surface area contributed by atoms with Crippen LogP contribution in [0.3, 0.4) is 0 Å². The van der Waals surface area contributed by atoms with E-state index in [1.165, 1.54) is 6.42 Å². The summed E-state index contributed by atoms with van der Waals surface area (Å²) >= 11 is 0. The third kappa shape index (κ3) is 4.43. The number of fused-ring (bicyclic) bond motifs is 1. The molecule has 1 saturated carbocycles. The Balaban J connectivity index is 1.54. The molecule has 2 amide bonds. The van der Waals surface area contributed by atoms with E-state index in [1.807, 2.05) is 36.4 Å². The van der Waals surface area contributed by atoms with Crippen LogP contribution in [0.25, 0.3) is 10.8 Å². The van der Waals surface area contributed by atoms with Crippen molar-refractivity contribution in [2.45, 2.75) is 32.1 Å². The summed E-state index contributed by atoms with van der Waals surface area (Å²) in [6, 6.07) is 14.9. The molecule has 1 fully saturated rings. The summed E-state index contributed by atoms with van der Waals surface area (Å²) < 4.78 is 5.93. The number of hydrogen-bond donors (Lipinski definition) is 2. The van der Waals surface area contributed by atoms with E-state index >= 15 is 0 Å². The van der Waals surface area contributed by atoms with Crippen LogP contribution >= 0.6 is 0 Å². The standard InChI is InChI=1S/C24H25N3O3/c1-25-24(29)22-15-19(12-13-26-22)30-18-10-11-20-17(14-18)8-5-9-21(20)27-23(28)16-6-3-2-4-7-16/h5,8-16H,2-4,6-7H2,1H3,(H,25,29)(H,27,28). The lowest BCUT2D eigenvalue weighted by molar-refractivity contribution is -0.120. The lowest BCUT2D eigenvalue weighted by Gasteiger charge is -2.21. The van der Waals surface area contributed by atoms with Gasteiger partial charge in [-0.25, -0.2) is 0 Å². The van der Waals surface area contributed by atoms with E-state index in [-0.39, 0.29) is 17.7 Å². The molecule has 0 unspecified atom stereocenters. The Morgan fingerprint density at radius 3 is 2.60 bits per heavy atom. The average Bonchev–Trinajstić information content (AvgIpc) is 2.79. The van der Waals surface area contributed by atoms with E-state index in [0.717, 1.165) is 42.1 Å². The highest BCUT2D eigenvalue weighted by Gasteiger charge is 2.21. The first-order valence-corrected chi connectivity index (χ1v) is 10.3. The van der Waals surface area contributed by atoms with Gasteiger partial charge in [-0.1, -0.05) is 31.4 Å². The third-order valence-electron chi connectivity index (χ3n) is 5.51. The Morgan fingerprint density at radius 1 is 1.00 bits per heavy atom. The summed E-state index contributed by atoms with van der Waals surface area (Å²) in [6.45, 7) is 0. The Hall–Kier alpha value is -3.41. The van der Waals surface area contributed by atoms with E-state index < -0.39 is 0 Å². The minimum atomic E-state index is -0.266. The van der Waals surface area contributed by atoms with Crippen molar-refractivity contribution in [1.82, 2.24) is 10.3 Å². The van der Waals surface area contributed by atoms with Gasteiger partial charge < -0.3 is 15.4 Å². The average molecular weight is 403 g/mol. The minimum Gasteiger partial charge on any atom is -0.457 e. The second-order valence-corrected chi connectivity index (χ2v) is 7.57. The predicted molar refractivity (Wildman–Crippen MR) is 117 cm³/mol. The van der Waals surface area contributed by atoms with Crippen LogP contribution in [-0.4, -0.2) is 23.8 Å². The van der Waals surface area contributed by atoms with Gasteiger partial charge in [0.2, 0.25) is 5.91 Å². The van der Waals surface area contributed by atoms with Crippen LogP contribution in [0.5, 0.6) is 11.5 Å². The van der Waals surface area contributed by atoms with Gasteiger partial charge in [0.25, 0.3) is 5.91 Å². The largest absolute Gasteiger partial charge is 0.457 e. The van der Waals surface area contributed by atoms with E-state index in [2.05, 4.69) is 15.6 Å². The number of nitrogens with zero attached hydrogens (tertiary/aromatic N) is 1. The molecular formula is C24H25N3O3. The van der Waals surface area contributed by atoms with Gasteiger partial charge in [-0.3, -0.25) is 14.6 Å². The zero-order valence-corrected chi connectivity index (χ0v) is 17.0. The summed E-state index contributed by atoms with van der Waals surface area (Å²) in [5, 5.41) is 7.60. The fourth-order valence-corrected chi connectivity index (χ4v) is 3.90. The Morgan fingerprint density at radius 2 is 1.80 bits per heavy atom. The highest BCUT2D eigenvalue weighted by atomic mass is 16.5. The Kier molecular flexibility index (Phi) is 5.93. The molecule has 154 valence electrons. The van der Waals surface area contributed by atoms with Crippen LogP contribution in [0.15, 0.2) is 54.7 Å². The second-order valence-electron chi connectivity index (χ2n) is 7.57. The molecule has 2 aromatic carbocycles. The van der Waals surface area contributed by atoms with Gasteiger partial charge in [0.1, 0.15) is 17.2 Å². The molecule has 0 aliphatic heterocycles. The minimum absolute atomic E-state index is 0.109. The van der Waals surface area contributed by atoms with E-state index in [0.29, 0.717) is 17.2 Å². The van der Waals surface area contributed by atoms with E-state index in [9.17, 15) is 9.59 Å². The number of aromatic nitrogens is 1. The van der Waals surface area contributed by atoms with E-state index in [1.54, 1.807) is 25.4 Å². The number of pyridine rings is 1. The van der Waals surface area contributed by atoms with Crippen molar-refractivity contribution in [2.75, 3.05) is 12.4 Å². The van der Waals surface area contributed by atoms with Crippen molar-refractivity contribution in [3.8, 4) is 11.5 Å². The van der Waals surface area contributed by atoms with Crippen molar-refractivity contribution < 1.29 is 14.3 Å². The van der Waals surface area contributed by atoms with Crippen molar-refractivity contribution in [3.05, 3.63) is 60.4 Å². The lowest BCUT2D eigenvalue weighted by Crippen LogP contribution is -2.24. The van der Waals surface area contributed by atoms with Crippen molar-refractivity contribution in [1.29, 1.82) is 0 Å². The first-order chi connectivity index (χ1) is 14.6.